The van der Waals surface area contributed by atoms with E-state index in [2.05, 4.69) is 44.2 Å². The highest BCUT2D eigenvalue weighted by Crippen LogP contribution is 2.37. The Kier molecular flexibility index (Phi) is 6.49. The van der Waals surface area contributed by atoms with E-state index >= 15 is 0 Å². The number of carbonyl (C=O) groups is 1. The van der Waals surface area contributed by atoms with E-state index in [-0.39, 0.29) is 0 Å². The zero-order valence-corrected chi connectivity index (χ0v) is 16.4. The predicted molar refractivity (Wildman–Crippen MR) is 113 cm³/mol. The van der Waals surface area contributed by atoms with Crippen LogP contribution in [0, 0.1) is 5.92 Å². The minimum absolute atomic E-state index is 0.386. The van der Waals surface area contributed by atoms with Gasteiger partial charge in [-0.2, -0.15) is 0 Å². The van der Waals surface area contributed by atoms with Crippen molar-refractivity contribution in [1.29, 1.82) is 0 Å². The van der Waals surface area contributed by atoms with Crippen LogP contribution in [0.2, 0.25) is 0 Å². The summed E-state index contributed by atoms with van der Waals surface area (Å²) in [6, 6.07) is 14.2. The van der Waals surface area contributed by atoms with Crippen LogP contribution in [0.15, 0.2) is 48.5 Å². The van der Waals surface area contributed by atoms with Gasteiger partial charge in [-0.3, -0.25) is 0 Å². The van der Waals surface area contributed by atoms with Gasteiger partial charge >= 0.3 is 5.97 Å². The zero-order valence-electron chi connectivity index (χ0n) is 16.4. The van der Waals surface area contributed by atoms with Crippen LogP contribution in [0.4, 0.5) is 0 Å². The van der Waals surface area contributed by atoms with Gasteiger partial charge in [0.1, 0.15) is 0 Å². The summed E-state index contributed by atoms with van der Waals surface area (Å²) in [6.07, 6.45) is 11.5. The van der Waals surface area contributed by atoms with Gasteiger partial charge in [0.2, 0.25) is 0 Å². The summed E-state index contributed by atoms with van der Waals surface area (Å²) in [6.45, 7) is 4.49. The molecule has 1 fully saturated rings. The number of rotatable bonds is 6. The predicted octanol–water partition coefficient (Wildman–Crippen LogP) is 7.16. The first-order valence-electron chi connectivity index (χ1n) is 10.2. The molecule has 0 heterocycles. The lowest BCUT2D eigenvalue weighted by atomic mass is 9.78. The standard InChI is InChI=1S/C25H30O2/c1-3-4-5-6-19-9-13-21(14-10-19)24-17-22(15-16-23(24)25(26)27)20-11-7-18(2)8-12-20/h5-6,9-10,13-18,20H,3-4,7-8,11-12H2,1-2H3,(H,26,27). The summed E-state index contributed by atoms with van der Waals surface area (Å²) in [5, 5.41) is 9.65. The van der Waals surface area contributed by atoms with Crippen LogP contribution in [0.5, 0.6) is 0 Å². The second kappa shape index (κ2) is 9.03. The molecular formula is C25H30O2. The highest BCUT2D eigenvalue weighted by molar-refractivity contribution is 5.96. The molecule has 0 bridgehead atoms. The molecule has 1 saturated carbocycles. The van der Waals surface area contributed by atoms with Crippen LogP contribution < -0.4 is 0 Å². The van der Waals surface area contributed by atoms with Crippen molar-refractivity contribution in [2.24, 2.45) is 5.92 Å². The first-order valence-corrected chi connectivity index (χ1v) is 10.2. The molecule has 0 aromatic heterocycles. The number of hydrogen-bond acceptors (Lipinski definition) is 1. The average Bonchev–Trinajstić information content (AvgIpc) is 2.69. The quantitative estimate of drug-likeness (QED) is 0.592. The summed E-state index contributed by atoms with van der Waals surface area (Å²) in [7, 11) is 0. The van der Waals surface area contributed by atoms with Gasteiger partial charge in [0.05, 0.1) is 5.56 Å². The molecule has 0 radical (unpaired) electrons. The maximum absolute atomic E-state index is 11.8. The minimum atomic E-state index is -0.860. The lowest BCUT2D eigenvalue weighted by molar-refractivity contribution is 0.0697. The number of benzene rings is 2. The smallest absolute Gasteiger partial charge is 0.336 e. The third kappa shape index (κ3) is 4.88. The molecule has 0 atom stereocenters. The van der Waals surface area contributed by atoms with E-state index in [0.717, 1.165) is 35.4 Å². The van der Waals surface area contributed by atoms with Crippen LogP contribution in [-0.4, -0.2) is 11.1 Å². The molecule has 2 heteroatoms. The Balaban J connectivity index is 1.90. The average molecular weight is 363 g/mol. The largest absolute Gasteiger partial charge is 0.478 e. The van der Waals surface area contributed by atoms with Crippen LogP contribution in [0.1, 0.15) is 79.8 Å². The van der Waals surface area contributed by atoms with E-state index < -0.39 is 5.97 Å². The van der Waals surface area contributed by atoms with Crippen LogP contribution >= 0.6 is 0 Å². The van der Waals surface area contributed by atoms with Gasteiger partial charge in [-0.05, 0) is 59.4 Å². The molecule has 1 aliphatic rings. The van der Waals surface area contributed by atoms with Crippen molar-refractivity contribution in [3.05, 3.63) is 65.2 Å². The van der Waals surface area contributed by atoms with Crippen molar-refractivity contribution in [2.75, 3.05) is 0 Å². The van der Waals surface area contributed by atoms with E-state index in [4.69, 9.17) is 0 Å². The van der Waals surface area contributed by atoms with Crippen molar-refractivity contribution < 1.29 is 9.90 Å². The molecule has 27 heavy (non-hydrogen) atoms. The Morgan fingerprint density at radius 1 is 1.07 bits per heavy atom. The number of unbranched alkanes of at least 4 members (excludes halogenated alkanes) is 1. The number of hydrogen-bond donors (Lipinski definition) is 1. The van der Waals surface area contributed by atoms with E-state index in [9.17, 15) is 9.90 Å². The second-order valence-electron chi connectivity index (χ2n) is 7.88. The zero-order chi connectivity index (χ0) is 19.2. The van der Waals surface area contributed by atoms with Crippen molar-refractivity contribution in [2.45, 2.75) is 58.3 Å². The first kappa shape index (κ1) is 19.4. The summed E-state index contributed by atoms with van der Waals surface area (Å²) >= 11 is 0. The maximum atomic E-state index is 11.8. The molecule has 1 aliphatic carbocycles. The molecule has 0 aliphatic heterocycles. The van der Waals surface area contributed by atoms with Crippen molar-refractivity contribution in [1.82, 2.24) is 0 Å². The summed E-state index contributed by atoms with van der Waals surface area (Å²) in [5.74, 6) is 0.507. The number of carboxylic acids is 1. The highest BCUT2D eigenvalue weighted by Gasteiger charge is 2.21. The third-order valence-corrected chi connectivity index (χ3v) is 5.75. The Labute approximate surface area is 162 Å². The SMILES string of the molecule is CCCC=Cc1ccc(-c2cc(C3CCC(C)CC3)ccc2C(=O)O)cc1. The monoisotopic (exact) mass is 362 g/mol. The molecule has 2 aromatic rings. The molecule has 0 unspecified atom stereocenters. The maximum Gasteiger partial charge on any atom is 0.336 e. The van der Waals surface area contributed by atoms with Crippen LogP contribution in [-0.2, 0) is 0 Å². The summed E-state index contributed by atoms with van der Waals surface area (Å²) in [5.41, 5.74) is 4.64. The lowest BCUT2D eigenvalue weighted by Crippen LogP contribution is -2.11. The normalized spacial score (nSPS) is 20.1. The number of carboxylic acid groups (broad SMARTS) is 1. The first-order chi connectivity index (χ1) is 13.1. The third-order valence-electron chi connectivity index (χ3n) is 5.75. The molecule has 0 spiro atoms. The fraction of sp³-hybridized carbons (Fsp3) is 0.400. The Morgan fingerprint density at radius 3 is 2.41 bits per heavy atom. The molecule has 2 nitrogen and oxygen atoms in total. The van der Waals surface area contributed by atoms with Gasteiger partial charge in [0.15, 0.2) is 0 Å². The number of aromatic carboxylic acids is 1. The van der Waals surface area contributed by atoms with Gasteiger partial charge in [0, 0.05) is 0 Å². The molecule has 0 amide bonds. The fourth-order valence-corrected chi connectivity index (χ4v) is 3.99. The molecule has 3 rings (SSSR count). The van der Waals surface area contributed by atoms with Crippen LogP contribution in [0.3, 0.4) is 0 Å². The van der Waals surface area contributed by atoms with Crippen molar-refractivity contribution >= 4 is 12.0 Å². The minimum Gasteiger partial charge on any atom is -0.478 e. The van der Waals surface area contributed by atoms with Crippen molar-refractivity contribution in [3.8, 4) is 11.1 Å². The molecule has 0 saturated heterocycles. The van der Waals surface area contributed by atoms with Gasteiger partial charge in [0.25, 0.3) is 0 Å². The van der Waals surface area contributed by atoms with E-state index in [1.54, 1.807) is 6.07 Å². The second-order valence-corrected chi connectivity index (χ2v) is 7.88. The molecule has 142 valence electrons. The highest BCUT2D eigenvalue weighted by atomic mass is 16.4. The van der Waals surface area contributed by atoms with Gasteiger partial charge in [-0.1, -0.05) is 81.7 Å². The van der Waals surface area contributed by atoms with Gasteiger partial charge < -0.3 is 5.11 Å². The summed E-state index contributed by atoms with van der Waals surface area (Å²) < 4.78 is 0. The molecule has 1 N–H and O–H groups in total. The van der Waals surface area contributed by atoms with Gasteiger partial charge in [-0.15, -0.1) is 0 Å². The number of allylic oxidation sites excluding steroid dienone is 1. The van der Waals surface area contributed by atoms with E-state index in [1.165, 1.54) is 31.2 Å². The molecular weight excluding hydrogens is 332 g/mol. The fourth-order valence-electron chi connectivity index (χ4n) is 3.99. The van der Waals surface area contributed by atoms with Gasteiger partial charge in [-0.25, -0.2) is 4.79 Å². The Morgan fingerprint density at radius 2 is 1.78 bits per heavy atom. The molecule has 2 aromatic carbocycles. The Bertz CT molecular complexity index is 794. The summed E-state index contributed by atoms with van der Waals surface area (Å²) in [4.78, 5) is 11.8. The van der Waals surface area contributed by atoms with Crippen molar-refractivity contribution in [3.63, 3.8) is 0 Å². The van der Waals surface area contributed by atoms with E-state index in [1.807, 2.05) is 18.2 Å². The van der Waals surface area contributed by atoms with E-state index in [0.29, 0.717) is 11.5 Å². The van der Waals surface area contributed by atoms with Crippen LogP contribution in [0.25, 0.3) is 17.2 Å². The topological polar surface area (TPSA) is 37.3 Å². The Hall–Kier alpha value is -2.35. The lowest BCUT2D eigenvalue weighted by Gasteiger charge is -2.27.